The Labute approximate surface area is 114 Å². The molecule has 1 N–H and O–H groups in total. The van der Waals surface area contributed by atoms with Crippen LogP contribution >= 0.6 is 15.9 Å². The molecule has 96 valence electrons. The fourth-order valence-corrected chi connectivity index (χ4v) is 2.21. The number of rotatable bonds is 4. The van der Waals surface area contributed by atoms with E-state index < -0.39 is 0 Å². The van der Waals surface area contributed by atoms with Crippen molar-refractivity contribution in [2.24, 2.45) is 7.05 Å². The van der Waals surface area contributed by atoms with E-state index in [0.29, 0.717) is 12.0 Å². The molecule has 0 saturated heterocycles. The molecule has 2 rings (SSSR count). The molecule has 0 amide bonds. The number of nitrogens with one attached hydrogen (secondary N) is 1. The van der Waals surface area contributed by atoms with Gasteiger partial charge in [0.05, 0.1) is 11.7 Å². The zero-order valence-corrected chi connectivity index (χ0v) is 11.9. The van der Waals surface area contributed by atoms with Gasteiger partial charge in [-0.05, 0) is 37.2 Å². The smallest absolute Gasteiger partial charge is 0.127 e. The summed E-state index contributed by atoms with van der Waals surface area (Å²) in [5.74, 6) is -0.194. The summed E-state index contributed by atoms with van der Waals surface area (Å²) in [5.41, 5.74) is 1.60. The van der Waals surface area contributed by atoms with Gasteiger partial charge in [-0.2, -0.15) is 5.10 Å². The topological polar surface area (TPSA) is 29.9 Å². The van der Waals surface area contributed by atoms with Gasteiger partial charge in [0.1, 0.15) is 5.82 Å². The van der Waals surface area contributed by atoms with Crippen molar-refractivity contribution in [3.8, 4) is 0 Å². The van der Waals surface area contributed by atoms with Gasteiger partial charge in [-0.3, -0.25) is 4.68 Å². The molecule has 0 aliphatic heterocycles. The summed E-state index contributed by atoms with van der Waals surface area (Å²) in [6.07, 6.45) is 2.46. The maximum atomic E-state index is 13.8. The summed E-state index contributed by atoms with van der Waals surface area (Å²) >= 11 is 3.26. The van der Waals surface area contributed by atoms with Crippen LogP contribution in [0.1, 0.15) is 17.3 Å². The Kier molecular flexibility index (Phi) is 4.14. The van der Waals surface area contributed by atoms with Crippen LogP contribution in [0.4, 0.5) is 4.39 Å². The molecule has 1 aromatic heterocycles. The highest BCUT2D eigenvalue weighted by Gasteiger charge is 2.15. The van der Waals surface area contributed by atoms with E-state index in [1.807, 2.05) is 32.4 Å². The third kappa shape index (κ3) is 2.97. The van der Waals surface area contributed by atoms with Crippen molar-refractivity contribution in [2.45, 2.75) is 12.5 Å². The van der Waals surface area contributed by atoms with Crippen molar-refractivity contribution in [2.75, 3.05) is 7.05 Å². The van der Waals surface area contributed by atoms with Gasteiger partial charge in [0.25, 0.3) is 0 Å². The summed E-state index contributed by atoms with van der Waals surface area (Å²) in [7, 11) is 3.73. The Hall–Kier alpha value is -1.20. The number of aromatic nitrogens is 2. The molecule has 0 aliphatic carbocycles. The second-order valence-electron chi connectivity index (χ2n) is 4.20. The third-order valence-corrected chi connectivity index (χ3v) is 3.37. The molecule has 1 unspecified atom stereocenters. The summed E-state index contributed by atoms with van der Waals surface area (Å²) in [6, 6.07) is 7.09. The predicted molar refractivity (Wildman–Crippen MR) is 72.8 cm³/mol. The molecule has 0 saturated carbocycles. The highest BCUT2D eigenvalue weighted by molar-refractivity contribution is 9.10. The number of halogens is 2. The lowest BCUT2D eigenvalue weighted by Gasteiger charge is -2.14. The molecular formula is C13H15BrFN3. The predicted octanol–water partition coefficient (Wildman–Crippen LogP) is 2.82. The van der Waals surface area contributed by atoms with E-state index in [-0.39, 0.29) is 11.9 Å². The average molecular weight is 312 g/mol. The maximum Gasteiger partial charge on any atom is 0.127 e. The van der Waals surface area contributed by atoms with Gasteiger partial charge in [0.15, 0.2) is 0 Å². The fourth-order valence-electron chi connectivity index (χ4n) is 1.88. The molecule has 0 fully saturated rings. The first-order valence-corrected chi connectivity index (χ1v) is 6.50. The number of hydrogen-bond donors (Lipinski definition) is 1. The number of benzene rings is 1. The Bertz CT molecular complexity index is 539. The Morgan fingerprint density at radius 2 is 2.22 bits per heavy atom. The minimum atomic E-state index is -0.194. The largest absolute Gasteiger partial charge is 0.311 e. The van der Waals surface area contributed by atoms with Gasteiger partial charge in [-0.25, -0.2) is 4.39 Å². The van der Waals surface area contributed by atoms with Crippen molar-refractivity contribution < 1.29 is 4.39 Å². The van der Waals surface area contributed by atoms with Crippen LogP contribution in [0.2, 0.25) is 0 Å². The highest BCUT2D eigenvalue weighted by Crippen LogP contribution is 2.21. The van der Waals surface area contributed by atoms with E-state index in [4.69, 9.17) is 0 Å². The van der Waals surface area contributed by atoms with E-state index in [0.717, 1.165) is 10.2 Å². The van der Waals surface area contributed by atoms with Gasteiger partial charge in [-0.1, -0.05) is 22.0 Å². The molecule has 1 heterocycles. The molecule has 0 bridgehead atoms. The number of likely N-dealkylation sites (N-methyl/N-ethyl adjacent to an activating group) is 1. The van der Waals surface area contributed by atoms with Gasteiger partial charge in [0.2, 0.25) is 0 Å². The number of hydrogen-bond acceptors (Lipinski definition) is 2. The van der Waals surface area contributed by atoms with Crippen molar-refractivity contribution >= 4 is 15.9 Å². The Morgan fingerprint density at radius 1 is 1.44 bits per heavy atom. The normalized spacial score (nSPS) is 12.7. The van der Waals surface area contributed by atoms with Crippen LogP contribution in [0.3, 0.4) is 0 Å². The zero-order valence-electron chi connectivity index (χ0n) is 10.3. The molecule has 0 aliphatic rings. The lowest BCUT2D eigenvalue weighted by molar-refractivity contribution is 0.537. The molecule has 3 nitrogen and oxygen atoms in total. The SMILES string of the molecule is CNC(Cc1ccc(Br)cc1F)c1ccn(C)n1. The van der Waals surface area contributed by atoms with Crippen LogP contribution in [0.25, 0.3) is 0 Å². The first kappa shape index (κ1) is 13.2. The van der Waals surface area contributed by atoms with Crippen LogP contribution in [0, 0.1) is 5.82 Å². The Morgan fingerprint density at radius 3 is 2.78 bits per heavy atom. The average Bonchev–Trinajstić information content (AvgIpc) is 2.75. The summed E-state index contributed by atoms with van der Waals surface area (Å²) < 4.78 is 16.3. The first-order valence-electron chi connectivity index (χ1n) is 5.71. The van der Waals surface area contributed by atoms with Gasteiger partial charge < -0.3 is 5.32 Å². The van der Waals surface area contributed by atoms with E-state index >= 15 is 0 Å². The van der Waals surface area contributed by atoms with Gasteiger partial charge in [-0.15, -0.1) is 0 Å². The monoisotopic (exact) mass is 311 g/mol. The standard InChI is InChI=1S/C13H15BrFN3/c1-16-13(12-5-6-18(2)17-12)7-9-3-4-10(14)8-11(9)15/h3-6,8,13,16H,7H2,1-2H3. The van der Waals surface area contributed by atoms with Crippen LogP contribution in [0.5, 0.6) is 0 Å². The first-order chi connectivity index (χ1) is 8.60. The number of aryl methyl sites for hydroxylation is 1. The minimum Gasteiger partial charge on any atom is -0.311 e. The van der Waals surface area contributed by atoms with Crippen LogP contribution in [-0.2, 0) is 13.5 Å². The van der Waals surface area contributed by atoms with Crippen LogP contribution in [0.15, 0.2) is 34.9 Å². The van der Waals surface area contributed by atoms with Crippen LogP contribution < -0.4 is 5.32 Å². The quantitative estimate of drug-likeness (QED) is 0.941. The van der Waals surface area contributed by atoms with E-state index in [2.05, 4.69) is 26.3 Å². The number of nitrogens with zero attached hydrogens (tertiary/aromatic N) is 2. The molecule has 0 spiro atoms. The van der Waals surface area contributed by atoms with Crippen molar-refractivity contribution in [3.63, 3.8) is 0 Å². The molecule has 5 heteroatoms. The second-order valence-corrected chi connectivity index (χ2v) is 5.11. The molecule has 0 radical (unpaired) electrons. The fraction of sp³-hybridized carbons (Fsp3) is 0.308. The molecule has 1 aromatic carbocycles. The summed E-state index contributed by atoms with van der Waals surface area (Å²) in [5, 5.41) is 7.52. The van der Waals surface area contributed by atoms with Gasteiger partial charge >= 0.3 is 0 Å². The molecule has 18 heavy (non-hydrogen) atoms. The minimum absolute atomic E-state index is 0.0156. The lowest BCUT2D eigenvalue weighted by atomic mass is 10.0. The van der Waals surface area contributed by atoms with Crippen molar-refractivity contribution in [1.29, 1.82) is 0 Å². The third-order valence-electron chi connectivity index (χ3n) is 2.88. The van der Waals surface area contributed by atoms with E-state index in [9.17, 15) is 4.39 Å². The van der Waals surface area contributed by atoms with Crippen molar-refractivity contribution in [3.05, 3.63) is 52.0 Å². The molecular weight excluding hydrogens is 297 g/mol. The summed E-state index contributed by atoms with van der Waals surface area (Å²) in [6.45, 7) is 0. The van der Waals surface area contributed by atoms with E-state index in [1.165, 1.54) is 6.07 Å². The van der Waals surface area contributed by atoms with E-state index in [1.54, 1.807) is 10.7 Å². The molecule has 1 atom stereocenters. The summed E-state index contributed by atoms with van der Waals surface area (Å²) in [4.78, 5) is 0. The second kappa shape index (κ2) is 5.63. The Balaban J connectivity index is 2.20. The van der Waals surface area contributed by atoms with Gasteiger partial charge in [0, 0.05) is 17.7 Å². The van der Waals surface area contributed by atoms with Crippen molar-refractivity contribution in [1.82, 2.24) is 15.1 Å². The highest BCUT2D eigenvalue weighted by atomic mass is 79.9. The lowest BCUT2D eigenvalue weighted by Crippen LogP contribution is -2.20. The van der Waals surface area contributed by atoms with Crippen LogP contribution in [-0.4, -0.2) is 16.8 Å². The molecule has 2 aromatic rings. The maximum absolute atomic E-state index is 13.8. The zero-order chi connectivity index (χ0) is 13.1.